The summed E-state index contributed by atoms with van der Waals surface area (Å²) in [5.41, 5.74) is 0.397. The number of carbonyl (C=O) groups excluding carboxylic acids is 3. The third-order valence-corrected chi connectivity index (χ3v) is 7.33. The van der Waals surface area contributed by atoms with Crippen LogP contribution in [0.25, 0.3) is 0 Å². The Bertz CT molecular complexity index is 1090. The molecule has 1 aromatic carbocycles. The van der Waals surface area contributed by atoms with Crippen LogP contribution in [0.3, 0.4) is 0 Å². The van der Waals surface area contributed by atoms with Crippen LogP contribution >= 0.6 is 11.3 Å². The van der Waals surface area contributed by atoms with E-state index in [4.69, 9.17) is 9.47 Å². The summed E-state index contributed by atoms with van der Waals surface area (Å²) in [5.74, 6) is -2.69. The Morgan fingerprint density at radius 2 is 1.62 bits per heavy atom. The minimum atomic E-state index is -3.67. The molecule has 2 rings (SSSR count). The number of ether oxygens (including phenoxy) is 2. The van der Waals surface area contributed by atoms with E-state index in [-0.39, 0.29) is 52.1 Å². The normalized spacial score (nSPS) is 11.1. The number of carbonyl (C=O) groups is 3. The molecule has 0 bridgehead atoms. The molecule has 1 amide bonds. The van der Waals surface area contributed by atoms with Crippen LogP contribution in [0.15, 0.2) is 29.2 Å². The molecule has 0 aliphatic rings. The number of hydrogen-bond donors (Lipinski definition) is 1. The van der Waals surface area contributed by atoms with Crippen LogP contribution in [0.2, 0.25) is 0 Å². The van der Waals surface area contributed by atoms with Crippen molar-refractivity contribution in [2.45, 2.75) is 38.5 Å². The lowest BCUT2D eigenvalue weighted by atomic mass is 10.1. The van der Waals surface area contributed by atoms with Gasteiger partial charge in [0.05, 0.1) is 29.4 Å². The number of thiophene rings is 1. The predicted octanol–water partition coefficient (Wildman–Crippen LogP) is 3.74. The molecular formula is C21H24FNO7S2. The molecule has 0 radical (unpaired) electrons. The third-order valence-electron chi connectivity index (χ3n) is 4.33. The lowest BCUT2D eigenvalue weighted by Gasteiger charge is -2.08. The summed E-state index contributed by atoms with van der Waals surface area (Å²) in [4.78, 5) is 37.1. The van der Waals surface area contributed by atoms with Gasteiger partial charge < -0.3 is 14.8 Å². The molecule has 0 atom stereocenters. The van der Waals surface area contributed by atoms with Gasteiger partial charge >= 0.3 is 11.9 Å². The molecule has 1 N–H and O–H groups in total. The second-order valence-corrected chi connectivity index (χ2v) is 9.76. The molecule has 0 saturated carbocycles. The Morgan fingerprint density at radius 1 is 1.03 bits per heavy atom. The average molecular weight is 486 g/mol. The Morgan fingerprint density at radius 3 is 2.22 bits per heavy atom. The summed E-state index contributed by atoms with van der Waals surface area (Å²) in [6.07, 6.45) is -0.135. The minimum Gasteiger partial charge on any atom is -0.462 e. The summed E-state index contributed by atoms with van der Waals surface area (Å²) >= 11 is 0.893. The van der Waals surface area contributed by atoms with Crippen molar-refractivity contribution in [1.82, 2.24) is 0 Å². The van der Waals surface area contributed by atoms with Gasteiger partial charge in [0.15, 0.2) is 9.84 Å². The van der Waals surface area contributed by atoms with Crippen LogP contribution in [-0.4, -0.2) is 45.2 Å². The average Bonchev–Trinajstić information content (AvgIpc) is 3.04. The van der Waals surface area contributed by atoms with Crippen molar-refractivity contribution in [1.29, 1.82) is 0 Å². The largest absolute Gasteiger partial charge is 0.462 e. The summed E-state index contributed by atoms with van der Waals surface area (Å²) < 4.78 is 47.6. The minimum absolute atomic E-state index is 0.00930. The summed E-state index contributed by atoms with van der Waals surface area (Å²) in [6, 6.07) is 4.44. The van der Waals surface area contributed by atoms with E-state index in [0.29, 0.717) is 5.56 Å². The van der Waals surface area contributed by atoms with E-state index < -0.39 is 33.5 Å². The van der Waals surface area contributed by atoms with Crippen LogP contribution in [0.5, 0.6) is 0 Å². The van der Waals surface area contributed by atoms with Crippen molar-refractivity contribution >= 4 is 44.0 Å². The van der Waals surface area contributed by atoms with Gasteiger partial charge in [0.1, 0.15) is 15.7 Å². The highest BCUT2D eigenvalue weighted by Crippen LogP contribution is 2.34. The highest BCUT2D eigenvalue weighted by atomic mass is 32.2. The van der Waals surface area contributed by atoms with Crippen LogP contribution in [0.4, 0.5) is 9.39 Å². The van der Waals surface area contributed by atoms with Gasteiger partial charge in [-0.25, -0.2) is 22.4 Å². The van der Waals surface area contributed by atoms with Crippen molar-refractivity contribution in [2.75, 3.05) is 24.3 Å². The molecule has 1 aromatic heterocycles. The number of benzene rings is 1. The van der Waals surface area contributed by atoms with E-state index in [1.165, 1.54) is 12.1 Å². The monoisotopic (exact) mass is 485 g/mol. The zero-order valence-corrected chi connectivity index (χ0v) is 19.5. The van der Waals surface area contributed by atoms with Gasteiger partial charge in [-0.1, -0.05) is 0 Å². The number of nitrogens with one attached hydrogen (secondary N) is 1. The lowest BCUT2D eigenvalue weighted by Crippen LogP contribution is -2.16. The first-order valence-electron chi connectivity index (χ1n) is 9.86. The Kier molecular flexibility index (Phi) is 8.90. The summed E-state index contributed by atoms with van der Waals surface area (Å²) in [5, 5.41) is 2.70. The molecule has 0 spiro atoms. The number of esters is 2. The molecule has 174 valence electrons. The third kappa shape index (κ3) is 6.36. The van der Waals surface area contributed by atoms with Crippen LogP contribution in [0.1, 0.15) is 52.3 Å². The van der Waals surface area contributed by atoms with Crippen molar-refractivity contribution < 1.29 is 36.7 Å². The second kappa shape index (κ2) is 11.2. The molecule has 8 nitrogen and oxygen atoms in total. The Balaban J connectivity index is 2.11. The first kappa shape index (κ1) is 25.5. The van der Waals surface area contributed by atoms with Gasteiger partial charge in [0.25, 0.3) is 0 Å². The van der Waals surface area contributed by atoms with Crippen LogP contribution in [0, 0.1) is 12.7 Å². The zero-order valence-electron chi connectivity index (χ0n) is 17.9. The highest BCUT2D eigenvalue weighted by molar-refractivity contribution is 7.91. The van der Waals surface area contributed by atoms with Crippen LogP contribution in [-0.2, 0) is 24.1 Å². The number of amides is 1. The number of sulfone groups is 1. The van der Waals surface area contributed by atoms with Crippen molar-refractivity contribution in [3.8, 4) is 0 Å². The van der Waals surface area contributed by atoms with E-state index in [1.807, 2.05) is 0 Å². The molecule has 2 aromatic rings. The fraction of sp³-hybridized carbons (Fsp3) is 0.381. The molecular weight excluding hydrogens is 461 g/mol. The topological polar surface area (TPSA) is 116 Å². The SMILES string of the molecule is CCOC(=O)c1sc(NC(=O)CCCS(=O)(=O)c2ccc(F)cc2)c(C(=O)OCC)c1C. The van der Waals surface area contributed by atoms with Gasteiger partial charge in [-0.2, -0.15) is 0 Å². The smallest absolute Gasteiger partial charge is 0.348 e. The van der Waals surface area contributed by atoms with Crippen molar-refractivity contribution in [2.24, 2.45) is 0 Å². The number of anilines is 1. The summed E-state index contributed by atoms with van der Waals surface area (Å²) in [7, 11) is -3.67. The first-order chi connectivity index (χ1) is 15.1. The van der Waals surface area contributed by atoms with Gasteiger partial charge in [0, 0.05) is 6.42 Å². The quantitative estimate of drug-likeness (QED) is 0.402. The van der Waals surface area contributed by atoms with Gasteiger partial charge in [-0.05, 0) is 57.0 Å². The highest BCUT2D eigenvalue weighted by Gasteiger charge is 2.27. The Labute approximate surface area is 189 Å². The maximum absolute atomic E-state index is 13.0. The maximum Gasteiger partial charge on any atom is 0.348 e. The van der Waals surface area contributed by atoms with Crippen LogP contribution < -0.4 is 5.32 Å². The molecule has 1 heterocycles. The van der Waals surface area contributed by atoms with Gasteiger partial charge in [-0.3, -0.25) is 4.79 Å². The number of hydrogen-bond acceptors (Lipinski definition) is 8. The van der Waals surface area contributed by atoms with E-state index >= 15 is 0 Å². The van der Waals surface area contributed by atoms with E-state index in [0.717, 1.165) is 23.5 Å². The molecule has 0 aliphatic heterocycles. The fourth-order valence-electron chi connectivity index (χ4n) is 2.81. The van der Waals surface area contributed by atoms with E-state index in [1.54, 1.807) is 20.8 Å². The molecule has 0 saturated heterocycles. The van der Waals surface area contributed by atoms with E-state index in [2.05, 4.69) is 5.32 Å². The molecule has 0 unspecified atom stereocenters. The Hall–Kier alpha value is -2.79. The van der Waals surface area contributed by atoms with Crippen molar-refractivity contribution in [3.05, 3.63) is 46.1 Å². The van der Waals surface area contributed by atoms with Gasteiger partial charge in [0.2, 0.25) is 5.91 Å². The summed E-state index contributed by atoms with van der Waals surface area (Å²) in [6.45, 7) is 5.09. The molecule has 32 heavy (non-hydrogen) atoms. The molecule has 0 aliphatic carbocycles. The predicted molar refractivity (Wildman–Crippen MR) is 117 cm³/mol. The number of rotatable bonds is 10. The molecule has 0 fully saturated rings. The standard InChI is InChI=1S/C21H24FNO7S2/c1-4-29-20(25)17-13(3)18(21(26)30-5-2)31-19(17)23-16(24)7-6-12-32(27,28)15-10-8-14(22)9-11-15/h8-11H,4-7,12H2,1-3H3,(H,23,24). The fourth-order valence-corrected chi connectivity index (χ4v) is 5.23. The lowest BCUT2D eigenvalue weighted by molar-refractivity contribution is -0.116. The molecule has 11 heteroatoms. The first-order valence-corrected chi connectivity index (χ1v) is 12.3. The maximum atomic E-state index is 13.0. The van der Waals surface area contributed by atoms with E-state index in [9.17, 15) is 27.2 Å². The van der Waals surface area contributed by atoms with Crippen molar-refractivity contribution in [3.63, 3.8) is 0 Å². The number of halogens is 1. The second-order valence-electron chi connectivity index (χ2n) is 6.63. The van der Waals surface area contributed by atoms with Gasteiger partial charge in [-0.15, -0.1) is 11.3 Å². The zero-order chi connectivity index (χ0) is 23.9.